The molecule has 100 valence electrons. The third-order valence-electron chi connectivity index (χ3n) is 3.52. The molecular weight excluding hydrogens is 269 g/mol. The van der Waals surface area contributed by atoms with Gasteiger partial charge in [-0.2, -0.15) is 0 Å². The van der Waals surface area contributed by atoms with Crippen molar-refractivity contribution in [1.29, 1.82) is 0 Å². The van der Waals surface area contributed by atoms with E-state index in [2.05, 4.69) is 11.4 Å². The molecular formula is C14H19Cl2NO. The topological polar surface area (TPSA) is 21.3 Å². The van der Waals surface area contributed by atoms with E-state index in [1.54, 1.807) is 0 Å². The molecule has 0 aliphatic carbocycles. The van der Waals surface area contributed by atoms with E-state index in [4.69, 9.17) is 27.9 Å². The molecule has 1 N–H and O–H groups in total. The summed E-state index contributed by atoms with van der Waals surface area (Å²) in [6.45, 7) is 5.65. The molecule has 18 heavy (non-hydrogen) atoms. The SMILES string of the molecule is CCOCC1CNCCC1c1ccc(Cl)c(Cl)c1. The molecule has 1 fully saturated rings. The standard InChI is InChI=1S/C14H19Cl2NO/c1-2-18-9-11-8-17-6-5-12(11)10-3-4-13(15)14(16)7-10/h3-4,7,11-12,17H,2,5-6,8-9H2,1H3. The van der Waals surface area contributed by atoms with Gasteiger partial charge in [-0.1, -0.05) is 29.3 Å². The van der Waals surface area contributed by atoms with E-state index >= 15 is 0 Å². The Hall–Kier alpha value is -0.280. The van der Waals surface area contributed by atoms with Crippen LogP contribution in [0.5, 0.6) is 0 Å². The van der Waals surface area contributed by atoms with Crippen LogP contribution in [0.4, 0.5) is 0 Å². The fourth-order valence-corrected chi connectivity index (χ4v) is 2.86. The number of halogens is 2. The van der Waals surface area contributed by atoms with Crippen LogP contribution in [0.25, 0.3) is 0 Å². The van der Waals surface area contributed by atoms with Gasteiger partial charge in [-0.3, -0.25) is 0 Å². The molecule has 0 radical (unpaired) electrons. The molecule has 4 heteroatoms. The van der Waals surface area contributed by atoms with Gasteiger partial charge in [0.15, 0.2) is 0 Å². The molecule has 1 aromatic rings. The molecule has 1 aromatic carbocycles. The fourth-order valence-electron chi connectivity index (χ4n) is 2.55. The highest BCUT2D eigenvalue weighted by Crippen LogP contribution is 2.34. The summed E-state index contributed by atoms with van der Waals surface area (Å²) in [4.78, 5) is 0. The zero-order chi connectivity index (χ0) is 13.0. The van der Waals surface area contributed by atoms with Crippen LogP contribution in [-0.2, 0) is 4.74 Å². The van der Waals surface area contributed by atoms with Crippen LogP contribution in [0.15, 0.2) is 18.2 Å². The first kappa shape index (κ1) is 14.1. The first-order valence-electron chi connectivity index (χ1n) is 6.45. The fraction of sp³-hybridized carbons (Fsp3) is 0.571. The van der Waals surface area contributed by atoms with Crippen molar-refractivity contribution in [1.82, 2.24) is 5.32 Å². The minimum Gasteiger partial charge on any atom is -0.381 e. The van der Waals surface area contributed by atoms with Crippen molar-refractivity contribution in [2.45, 2.75) is 19.3 Å². The van der Waals surface area contributed by atoms with Gasteiger partial charge in [0.25, 0.3) is 0 Å². The van der Waals surface area contributed by atoms with Gasteiger partial charge in [0.05, 0.1) is 16.7 Å². The third kappa shape index (κ3) is 3.39. The zero-order valence-corrected chi connectivity index (χ0v) is 12.1. The second-order valence-corrected chi connectivity index (χ2v) is 5.51. The molecule has 1 aliphatic heterocycles. The highest BCUT2D eigenvalue weighted by atomic mass is 35.5. The lowest BCUT2D eigenvalue weighted by molar-refractivity contribution is 0.0902. The number of hydrogen-bond donors (Lipinski definition) is 1. The number of rotatable bonds is 4. The number of nitrogens with one attached hydrogen (secondary N) is 1. The van der Waals surface area contributed by atoms with E-state index in [9.17, 15) is 0 Å². The summed E-state index contributed by atoms with van der Waals surface area (Å²) in [6, 6.07) is 5.97. The van der Waals surface area contributed by atoms with Crippen molar-refractivity contribution in [2.24, 2.45) is 5.92 Å². The third-order valence-corrected chi connectivity index (χ3v) is 4.25. The first-order valence-corrected chi connectivity index (χ1v) is 7.21. The number of benzene rings is 1. The molecule has 2 nitrogen and oxygen atoms in total. The average Bonchev–Trinajstić information content (AvgIpc) is 2.40. The molecule has 2 unspecified atom stereocenters. The van der Waals surface area contributed by atoms with E-state index in [0.29, 0.717) is 21.9 Å². The Kier molecular flexibility index (Phi) is 5.31. The van der Waals surface area contributed by atoms with Crippen LogP contribution >= 0.6 is 23.2 Å². The summed E-state index contributed by atoms with van der Waals surface area (Å²) < 4.78 is 5.58. The molecule has 0 saturated carbocycles. The van der Waals surface area contributed by atoms with Crippen LogP contribution in [0.2, 0.25) is 10.0 Å². The van der Waals surface area contributed by atoms with Crippen molar-refractivity contribution < 1.29 is 4.74 Å². The molecule has 0 spiro atoms. The predicted molar refractivity (Wildman–Crippen MR) is 76.7 cm³/mol. The quantitative estimate of drug-likeness (QED) is 0.911. The number of ether oxygens (including phenoxy) is 1. The maximum atomic E-state index is 6.11. The summed E-state index contributed by atoms with van der Waals surface area (Å²) in [5, 5.41) is 4.69. The van der Waals surface area contributed by atoms with Crippen LogP contribution in [0, 0.1) is 5.92 Å². The van der Waals surface area contributed by atoms with E-state index in [-0.39, 0.29) is 0 Å². The summed E-state index contributed by atoms with van der Waals surface area (Å²) in [6.07, 6.45) is 1.12. The maximum absolute atomic E-state index is 6.11. The number of hydrogen-bond acceptors (Lipinski definition) is 2. The molecule has 2 rings (SSSR count). The first-order chi connectivity index (χ1) is 8.72. The van der Waals surface area contributed by atoms with Crippen molar-refractivity contribution in [3.05, 3.63) is 33.8 Å². The Bertz CT molecular complexity index is 397. The van der Waals surface area contributed by atoms with Gasteiger partial charge in [0.1, 0.15) is 0 Å². The molecule has 0 amide bonds. The van der Waals surface area contributed by atoms with Gasteiger partial charge in [-0.15, -0.1) is 0 Å². The van der Waals surface area contributed by atoms with Crippen molar-refractivity contribution in [2.75, 3.05) is 26.3 Å². The van der Waals surface area contributed by atoms with Crippen LogP contribution in [0.1, 0.15) is 24.8 Å². The van der Waals surface area contributed by atoms with Crippen LogP contribution in [-0.4, -0.2) is 26.3 Å². The van der Waals surface area contributed by atoms with E-state index in [1.165, 1.54) is 5.56 Å². The van der Waals surface area contributed by atoms with Crippen molar-refractivity contribution >= 4 is 23.2 Å². The van der Waals surface area contributed by atoms with Gasteiger partial charge in [0.2, 0.25) is 0 Å². The van der Waals surface area contributed by atoms with Crippen LogP contribution in [0.3, 0.4) is 0 Å². The minimum atomic E-state index is 0.507. The Balaban J connectivity index is 2.14. The molecule has 1 heterocycles. The molecule has 2 atom stereocenters. The number of piperidine rings is 1. The predicted octanol–water partition coefficient (Wildman–Crippen LogP) is 3.72. The zero-order valence-electron chi connectivity index (χ0n) is 10.6. The van der Waals surface area contributed by atoms with Gasteiger partial charge in [0, 0.05) is 19.1 Å². The molecule has 0 bridgehead atoms. The molecule has 0 aromatic heterocycles. The Morgan fingerprint density at radius 2 is 2.17 bits per heavy atom. The Morgan fingerprint density at radius 3 is 2.89 bits per heavy atom. The van der Waals surface area contributed by atoms with Gasteiger partial charge in [-0.25, -0.2) is 0 Å². The summed E-state index contributed by atoms with van der Waals surface area (Å²) in [5.74, 6) is 1.02. The van der Waals surface area contributed by atoms with Gasteiger partial charge in [-0.05, 0) is 43.5 Å². The second kappa shape index (κ2) is 6.76. The summed E-state index contributed by atoms with van der Waals surface area (Å²) in [5.41, 5.74) is 1.27. The van der Waals surface area contributed by atoms with E-state index < -0.39 is 0 Å². The van der Waals surface area contributed by atoms with Crippen LogP contribution < -0.4 is 5.32 Å². The highest BCUT2D eigenvalue weighted by Gasteiger charge is 2.26. The Labute approximate surface area is 119 Å². The normalized spacial score (nSPS) is 24.2. The summed E-state index contributed by atoms with van der Waals surface area (Å²) >= 11 is 12.1. The molecule has 1 saturated heterocycles. The average molecular weight is 288 g/mol. The Morgan fingerprint density at radius 1 is 1.33 bits per heavy atom. The monoisotopic (exact) mass is 287 g/mol. The lowest BCUT2D eigenvalue weighted by Gasteiger charge is -2.32. The lowest BCUT2D eigenvalue weighted by atomic mass is 9.81. The largest absolute Gasteiger partial charge is 0.381 e. The van der Waals surface area contributed by atoms with Gasteiger partial charge < -0.3 is 10.1 Å². The molecule has 1 aliphatic rings. The van der Waals surface area contributed by atoms with Crippen molar-refractivity contribution in [3.8, 4) is 0 Å². The van der Waals surface area contributed by atoms with Crippen molar-refractivity contribution in [3.63, 3.8) is 0 Å². The highest BCUT2D eigenvalue weighted by molar-refractivity contribution is 6.42. The summed E-state index contributed by atoms with van der Waals surface area (Å²) in [7, 11) is 0. The maximum Gasteiger partial charge on any atom is 0.0595 e. The van der Waals surface area contributed by atoms with Gasteiger partial charge >= 0.3 is 0 Å². The van der Waals surface area contributed by atoms with E-state index in [1.807, 2.05) is 19.1 Å². The lowest BCUT2D eigenvalue weighted by Crippen LogP contribution is -2.37. The second-order valence-electron chi connectivity index (χ2n) is 4.69. The smallest absolute Gasteiger partial charge is 0.0595 e. The minimum absolute atomic E-state index is 0.507. The van der Waals surface area contributed by atoms with E-state index in [0.717, 1.165) is 32.7 Å².